The predicted molar refractivity (Wildman–Crippen MR) is 217 cm³/mol. The molecule has 0 radical (unpaired) electrons. The van der Waals surface area contributed by atoms with Gasteiger partial charge in [-0.2, -0.15) is 9.97 Å². The van der Waals surface area contributed by atoms with Crippen LogP contribution in [0.15, 0.2) is 158 Å². The Hall–Kier alpha value is -6.63. The first-order chi connectivity index (χ1) is 25.7. The molecule has 4 aromatic heterocycles. The summed E-state index contributed by atoms with van der Waals surface area (Å²) in [4.78, 5) is 15.9. The molecule has 0 fully saturated rings. The fourth-order valence-electron chi connectivity index (χ4n) is 7.90. The Morgan fingerprint density at radius 3 is 1.79 bits per heavy atom. The first-order valence-corrected chi connectivity index (χ1v) is 18.3. The van der Waals surface area contributed by atoms with E-state index < -0.39 is 0 Å². The molecule has 0 saturated carbocycles. The molecule has 0 atom stereocenters. The van der Waals surface area contributed by atoms with Gasteiger partial charge in [0.05, 0.1) is 22.1 Å². The number of thiophene rings is 1. The van der Waals surface area contributed by atoms with Gasteiger partial charge in [0.15, 0.2) is 11.6 Å². The fraction of sp³-hybridized carbons (Fsp3) is 0.0217. The van der Waals surface area contributed by atoms with Gasteiger partial charge in [0.2, 0.25) is 5.95 Å². The van der Waals surface area contributed by atoms with Crippen LogP contribution in [-0.2, 0) is 0 Å². The molecule has 0 saturated heterocycles. The van der Waals surface area contributed by atoms with E-state index in [1.807, 2.05) is 18.2 Å². The van der Waals surface area contributed by atoms with E-state index in [9.17, 15) is 0 Å². The van der Waals surface area contributed by atoms with Gasteiger partial charge in [0.25, 0.3) is 0 Å². The van der Waals surface area contributed by atoms with Gasteiger partial charge in [0.1, 0.15) is 0 Å². The van der Waals surface area contributed by atoms with Crippen LogP contribution in [0.4, 0.5) is 0 Å². The zero-order valence-electron chi connectivity index (χ0n) is 28.2. The molecule has 0 unspecified atom stereocenters. The van der Waals surface area contributed by atoms with E-state index in [2.05, 4.69) is 156 Å². The Balaban J connectivity index is 1.30. The molecular formula is C46H29N5S. The minimum Gasteiger partial charge on any atom is -0.307 e. The highest BCUT2D eigenvalue weighted by molar-refractivity contribution is 7.26. The summed E-state index contributed by atoms with van der Waals surface area (Å²) in [6.45, 7) is 2.13. The summed E-state index contributed by atoms with van der Waals surface area (Å²) in [6.07, 6.45) is 0. The number of aryl methyl sites for hydroxylation is 1. The Labute approximate surface area is 302 Å². The van der Waals surface area contributed by atoms with Crippen LogP contribution in [0.2, 0.25) is 0 Å². The number of rotatable bonds is 4. The van der Waals surface area contributed by atoms with Crippen molar-refractivity contribution in [2.24, 2.45) is 0 Å². The largest absolute Gasteiger partial charge is 0.307 e. The van der Waals surface area contributed by atoms with Crippen molar-refractivity contribution in [2.45, 2.75) is 6.92 Å². The molecule has 11 rings (SSSR count). The van der Waals surface area contributed by atoms with Crippen LogP contribution in [0.3, 0.4) is 0 Å². The molecule has 0 aliphatic heterocycles. The van der Waals surface area contributed by atoms with Crippen LogP contribution in [0, 0.1) is 6.92 Å². The molecule has 0 N–H and O–H groups in total. The summed E-state index contributed by atoms with van der Waals surface area (Å²) in [5.41, 5.74) is 8.66. The predicted octanol–water partition coefficient (Wildman–Crippen LogP) is 12.1. The van der Waals surface area contributed by atoms with E-state index in [0.717, 1.165) is 49.7 Å². The van der Waals surface area contributed by atoms with E-state index in [4.69, 9.17) is 15.0 Å². The van der Waals surface area contributed by atoms with Crippen LogP contribution >= 0.6 is 11.3 Å². The lowest BCUT2D eigenvalue weighted by atomic mass is 10.1. The average Bonchev–Trinajstić information content (AvgIpc) is 3.86. The topological polar surface area (TPSA) is 48.5 Å². The summed E-state index contributed by atoms with van der Waals surface area (Å²) < 4.78 is 7.08. The molecule has 5 nitrogen and oxygen atoms in total. The molecule has 244 valence electrons. The van der Waals surface area contributed by atoms with Gasteiger partial charge in [-0.3, -0.25) is 4.57 Å². The van der Waals surface area contributed by atoms with Crippen molar-refractivity contribution in [1.29, 1.82) is 0 Å². The van der Waals surface area contributed by atoms with Crippen molar-refractivity contribution in [3.63, 3.8) is 0 Å². The van der Waals surface area contributed by atoms with Gasteiger partial charge in [-0.05, 0) is 43.3 Å². The summed E-state index contributed by atoms with van der Waals surface area (Å²) in [5, 5.41) is 7.14. The third-order valence-electron chi connectivity index (χ3n) is 10.3. The Bertz CT molecular complexity index is 3190. The monoisotopic (exact) mass is 683 g/mol. The van der Waals surface area contributed by atoms with Gasteiger partial charge in [-0.1, -0.05) is 127 Å². The average molecular weight is 684 g/mol. The zero-order valence-corrected chi connectivity index (χ0v) is 29.0. The van der Waals surface area contributed by atoms with Gasteiger partial charge in [-0.15, -0.1) is 11.3 Å². The first-order valence-electron chi connectivity index (χ1n) is 17.5. The summed E-state index contributed by atoms with van der Waals surface area (Å²) in [7, 11) is 0. The van der Waals surface area contributed by atoms with Crippen molar-refractivity contribution in [2.75, 3.05) is 0 Å². The number of aromatic nitrogens is 5. The Kier molecular flexibility index (Phi) is 6.27. The highest BCUT2D eigenvalue weighted by Crippen LogP contribution is 2.43. The molecule has 0 bridgehead atoms. The molecule has 0 aliphatic rings. The smallest absolute Gasteiger partial charge is 0.238 e. The van der Waals surface area contributed by atoms with E-state index in [1.54, 1.807) is 11.3 Å². The van der Waals surface area contributed by atoms with Crippen molar-refractivity contribution >= 4 is 75.1 Å². The highest BCUT2D eigenvalue weighted by atomic mass is 32.1. The number of hydrogen-bond donors (Lipinski definition) is 0. The minimum atomic E-state index is 0.585. The maximum atomic E-state index is 5.41. The summed E-state index contributed by atoms with van der Waals surface area (Å²) >= 11 is 1.79. The molecular weight excluding hydrogens is 655 g/mol. The second-order valence-electron chi connectivity index (χ2n) is 13.3. The van der Waals surface area contributed by atoms with Gasteiger partial charge < -0.3 is 4.57 Å². The first kappa shape index (κ1) is 29.1. The molecule has 4 heterocycles. The molecule has 7 aromatic carbocycles. The Morgan fingerprint density at radius 1 is 0.442 bits per heavy atom. The summed E-state index contributed by atoms with van der Waals surface area (Å²) in [6, 6.07) is 55.9. The lowest BCUT2D eigenvalue weighted by Gasteiger charge is -2.13. The van der Waals surface area contributed by atoms with Crippen LogP contribution in [0.1, 0.15) is 5.56 Å². The van der Waals surface area contributed by atoms with E-state index >= 15 is 0 Å². The molecule has 52 heavy (non-hydrogen) atoms. The lowest BCUT2D eigenvalue weighted by Crippen LogP contribution is -2.07. The summed E-state index contributed by atoms with van der Waals surface area (Å²) in [5.74, 6) is 1.87. The number of para-hydroxylation sites is 2. The zero-order chi connectivity index (χ0) is 34.3. The van der Waals surface area contributed by atoms with Crippen molar-refractivity contribution in [1.82, 2.24) is 24.1 Å². The highest BCUT2D eigenvalue weighted by Gasteiger charge is 2.24. The standard InChI is InChI=1S/C46H29N5S/c1-28-22-24-30(25-23-28)50-38-19-8-5-14-31(38)34-26-27-35-32-15-6-9-20-39(32)51(42(35)41(34)50)46-48-44(29-12-3-2-4-13-29)47-45(49-46)37-18-11-17-36-33-16-7-10-21-40(33)52-43(36)37/h2-27H,1H3. The second kappa shape index (κ2) is 11.2. The lowest BCUT2D eigenvalue weighted by molar-refractivity contribution is 0.954. The van der Waals surface area contributed by atoms with Gasteiger partial charge in [-0.25, -0.2) is 4.98 Å². The molecule has 0 spiro atoms. The van der Waals surface area contributed by atoms with Crippen LogP contribution in [-0.4, -0.2) is 24.1 Å². The molecule has 6 heteroatoms. The minimum absolute atomic E-state index is 0.585. The fourth-order valence-corrected chi connectivity index (χ4v) is 9.11. The van der Waals surface area contributed by atoms with Crippen LogP contribution in [0.25, 0.3) is 98.2 Å². The van der Waals surface area contributed by atoms with Crippen molar-refractivity contribution in [3.05, 3.63) is 163 Å². The van der Waals surface area contributed by atoms with E-state index in [-0.39, 0.29) is 0 Å². The Morgan fingerprint density at radius 2 is 1.04 bits per heavy atom. The number of benzene rings is 7. The van der Waals surface area contributed by atoms with Crippen LogP contribution < -0.4 is 0 Å². The van der Waals surface area contributed by atoms with Crippen molar-refractivity contribution < 1.29 is 0 Å². The SMILES string of the molecule is Cc1ccc(-n2c3ccccc3c3ccc4c5ccccc5n(-c5nc(-c6ccccc6)nc(-c6cccc7c6sc6ccccc67)n5)c4c32)cc1. The molecule has 0 aliphatic carbocycles. The third kappa shape index (κ3) is 4.25. The molecule has 11 aromatic rings. The third-order valence-corrected chi connectivity index (χ3v) is 11.5. The number of fused-ring (bicyclic) bond motifs is 10. The van der Waals surface area contributed by atoms with Gasteiger partial charge in [0, 0.05) is 58.5 Å². The number of hydrogen-bond acceptors (Lipinski definition) is 4. The molecule has 0 amide bonds. The second-order valence-corrected chi connectivity index (χ2v) is 14.4. The normalized spacial score (nSPS) is 11.9. The van der Waals surface area contributed by atoms with Crippen molar-refractivity contribution in [3.8, 4) is 34.4 Å². The maximum absolute atomic E-state index is 5.41. The van der Waals surface area contributed by atoms with E-state index in [0.29, 0.717) is 17.6 Å². The van der Waals surface area contributed by atoms with Gasteiger partial charge >= 0.3 is 0 Å². The van der Waals surface area contributed by atoms with Crippen LogP contribution in [0.5, 0.6) is 0 Å². The maximum Gasteiger partial charge on any atom is 0.238 e. The quantitative estimate of drug-likeness (QED) is 0.185. The number of nitrogens with zero attached hydrogens (tertiary/aromatic N) is 5. The van der Waals surface area contributed by atoms with E-state index in [1.165, 1.54) is 36.5 Å².